The van der Waals surface area contributed by atoms with Crippen molar-refractivity contribution in [3.63, 3.8) is 0 Å². The van der Waals surface area contributed by atoms with Crippen LogP contribution in [-0.2, 0) is 4.84 Å². The highest BCUT2D eigenvalue weighted by molar-refractivity contribution is 5.99. The molecule has 80 valence electrons. The summed E-state index contributed by atoms with van der Waals surface area (Å²) in [7, 11) is 1.93. The van der Waals surface area contributed by atoms with E-state index in [1.165, 1.54) is 0 Å². The van der Waals surface area contributed by atoms with Crippen LogP contribution in [0.25, 0.3) is 0 Å². The van der Waals surface area contributed by atoms with Gasteiger partial charge >= 0.3 is 0 Å². The average molecular weight is 206 g/mol. The zero-order valence-electron chi connectivity index (χ0n) is 8.84. The Morgan fingerprint density at radius 2 is 2.33 bits per heavy atom. The molecule has 1 aromatic carbocycles. The Hall–Kier alpha value is -1.71. The van der Waals surface area contributed by atoms with Crippen LogP contribution in [0.5, 0.6) is 5.75 Å². The number of oxime groups is 1. The van der Waals surface area contributed by atoms with E-state index in [2.05, 4.69) is 5.16 Å². The Kier molecular flexibility index (Phi) is 2.49. The summed E-state index contributed by atoms with van der Waals surface area (Å²) in [5, 5.41) is 13.4. The molecule has 15 heavy (non-hydrogen) atoms. The maximum atomic E-state index is 9.37. The second-order valence-corrected chi connectivity index (χ2v) is 3.54. The van der Waals surface area contributed by atoms with Crippen molar-refractivity contribution >= 4 is 5.84 Å². The van der Waals surface area contributed by atoms with Crippen molar-refractivity contribution in [3.8, 4) is 5.75 Å². The van der Waals surface area contributed by atoms with Gasteiger partial charge in [-0.15, -0.1) is 0 Å². The lowest BCUT2D eigenvalue weighted by Gasteiger charge is -2.18. The van der Waals surface area contributed by atoms with Crippen LogP contribution in [-0.4, -0.2) is 29.1 Å². The minimum Gasteiger partial charge on any atom is -0.508 e. The molecule has 1 aliphatic heterocycles. The van der Waals surface area contributed by atoms with Crippen LogP contribution in [0.3, 0.4) is 0 Å². The number of hydrogen-bond acceptors (Lipinski definition) is 4. The zero-order chi connectivity index (χ0) is 10.8. The summed E-state index contributed by atoms with van der Waals surface area (Å²) in [5.41, 5.74) is 0.869. The van der Waals surface area contributed by atoms with Crippen LogP contribution in [0.4, 0.5) is 0 Å². The number of amidine groups is 1. The molecule has 0 fully saturated rings. The highest BCUT2D eigenvalue weighted by Crippen LogP contribution is 2.20. The van der Waals surface area contributed by atoms with Crippen molar-refractivity contribution in [2.24, 2.45) is 5.16 Å². The van der Waals surface area contributed by atoms with Crippen LogP contribution in [0.1, 0.15) is 18.9 Å². The van der Waals surface area contributed by atoms with E-state index in [0.29, 0.717) is 0 Å². The predicted molar refractivity (Wildman–Crippen MR) is 57.6 cm³/mol. The Bertz CT molecular complexity index is 390. The quantitative estimate of drug-likeness (QED) is 0.801. The number of aromatic hydroxyl groups is 1. The van der Waals surface area contributed by atoms with E-state index in [1.807, 2.05) is 24.9 Å². The summed E-state index contributed by atoms with van der Waals surface area (Å²) in [5.74, 6) is 1.00. The summed E-state index contributed by atoms with van der Waals surface area (Å²) < 4.78 is 0. The van der Waals surface area contributed by atoms with Crippen LogP contribution in [0, 0.1) is 0 Å². The molecule has 1 aliphatic rings. The number of benzene rings is 1. The summed E-state index contributed by atoms with van der Waals surface area (Å²) in [6, 6.07) is 7.00. The fourth-order valence-electron chi connectivity index (χ4n) is 1.63. The largest absolute Gasteiger partial charge is 0.508 e. The van der Waals surface area contributed by atoms with Gasteiger partial charge in [-0.25, -0.2) is 0 Å². The van der Waals surface area contributed by atoms with Crippen molar-refractivity contribution in [2.45, 2.75) is 19.6 Å². The molecule has 1 aromatic rings. The molecule has 0 bridgehead atoms. The fraction of sp³-hybridized carbons (Fsp3) is 0.364. The molecule has 1 unspecified atom stereocenters. The maximum absolute atomic E-state index is 9.37. The van der Waals surface area contributed by atoms with Gasteiger partial charge in [-0.2, -0.15) is 0 Å². The van der Waals surface area contributed by atoms with Crippen LogP contribution in [0.15, 0.2) is 29.4 Å². The molecular weight excluding hydrogens is 192 g/mol. The van der Waals surface area contributed by atoms with Gasteiger partial charge in [0.1, 0.15) is 5.75 Å². The summed E-state index contributed by atoms with van der Waals surface area (Å²) in [6.07, 6.45) is 0.879. The van der Waals surface area contributed by atoms with Gasteiger partial charge in [0.05, 0.1) is 0 Å². The number of phenolic OH excluding ortho intramolecular Hbond substituents is 1. The maximum Gasteiger partial charge on any atom is 0.200 e. The van der Waals surface area contributed by atoms with Crippen molar-refractivity contribution < 1.29 is 9.94 Å². The van der Waals surface area contributed by atoms with Gasteiger partial charge in [0, 0.05) is 19.0 Å². The molecule has 0 amide bonds. The van der Waals surface area contributed by atoms with E-state index in [1.54, 1.807) is 18.2 Å². The molecule has 0 aliphatic carbocycles. The van der Waals surface area contributed by atoms with Gasteiger partial charge in [0.2, 0.25) is 6.23 Å². The standard InChI is InChI=1S/C11H14N2O2/c1-3-10-13(2)11(12-15-10)8-5-4-6-9(14)7-8/h4-7,10,14H,3H2,1-2H3. The van der Waals surface area contributed by atoms with Gasteiger partial charge in [0.25, 0.3) is 0 Å². The third-order valence-electron chi connectivity index (χ3n) is 2.48. The molecule has 2 rings (SSSR count). The monoisotopic (exact) mass is 206 g/mol. The van der Waals surface area contributed by atoms with Gasteiger partial charge < -0.3 is 14.8 Å². The molecule has 1 N–H and O–H groups in total. The molecule has 0 saturated heterocycles. The lowest BCUT2D eigenvalue weighted by atomic mass is 10.2. The van der Waals surface area contributed by atoms with Gasteiger partial charge in [-0.1, -0.05) is 24.2 Å². The molecule has 0 spiro atoms. The van der Waals surface area contributed by atoms with E-state index in [-0.39, 0.29) is 12.0 Å². The summed E-state index contributed by atoms with van der Waals surface area (Å²) >= 11 is 0. The Morgan fingerprint density at radius 1 is 1.53 bits per heavy atom. The minimum absolute atomic E-state index is 0.00217. The Labute approximate surface area is 88.8 Å². The molecule has 1 heterocycles. The average Bonchev–Trinajstić information content (AvgIpc) is 2.59. The van der Waals surface area contributed by atoms with E-state index >= 15 is 0 Å². The molecule has 4 nitrogen and oxygen atoms in total. The normalized spacial score (nSPS) is 20.0. The van der Waals surface area contributed by atoms with Crippen molar-refractivity contribution in [1.29, 1.82) is 0 Å². The van der Waals surface area contributed by atoms with Gasteiger partial charge in [-0.05, 0) is 12.1 Å². The molecular formula is C11H14N2O2. The molecule has 1 atom stereocenters. The van der Waals surface area contributed by atoms with Crippen LogP contribution >= 0.6 is 0 Å². The van der Waals surface area contributed by atoms with Crippen molar-refractivity contribution in [3.05, 3.63) is 29.8 Å². The topological polar surface area (TPSA) is 45.1 Å². The van der Waals surface area contributed by atoms with E-state index in [0.717, 1.165) is 17.8 Å². The second kappa shape index (κ2) is 3.81. The first-order valence-electron chi connectivity index (χ1n) is 4.98. The van der Waals surface area contributed by atoms with Gasteiger partial charge in [-0.3, -0.25) is 0 Å². The number of phenols is 1. The number of nitrogens with zero attached hydrogens (tertiary/aromatic N) is 2. The molecule has 4 heteroatoms. The summed E-state index contributed by atoms with van der Waals surface area (Å²) in [4.78, 5) is 7.22. The second-order valence-electron chi connectivity index (χ2n) is 3.54. The highest BCUT2D eigenvalue weighted by atomic mass is 16.7. The van der Waals surface area contributed by atoms with Crippen LogP contribution < -0.4 is 0 Å². The van der Waals surface area contributed by atoms with Crippen LogP contribution in [0.2, 0.25) is 0 Å². The zero-order valence-corrected chi connectivity index (χ0v) is 8.84. The first-order valence-corrected chi connectivity index (χ1v) is 4.98. The highest BCUT2D eigenvalue weighted by Gasteiger charge is 2.25. The summed E-state index contributed by atoms with van der Waals surface area (Å²) in [6.45, 7) is 2.04. The molecule has 0 saturated carbocycles. The Balaban J connectivity index is 2.26. The number of hydrogen-bond donors (Lipinski definition) is 1. The first kappa shape index (κ1) is 9.83. The van der Waals surface area contributed by atoms with E-state index in [4.69, 9.17) is 4.84 Å². The van der Waals surface area contributed by atoms with E-state index in [9.17, 15) is 5.11 Å². The van der Waals surface area contributed by atoms with Crippen molar-refractivity contribution in [1.82, 2.24) is 4.90 Å². The number of rotatable bonds is 2. The molecule has 0 aromatic heterocycles. The van der Waals surface area contributed by atoms with E-state index < -0.39 is 0 Å². The smallest absolute Gasteiger partial charge is 0.200 e. The Morgan fingerprint density at radius 3 is 2.93 bits per heavy atom. The fourth-order valence-corrected chi connectivity index (χ4v) is 1.63. The third kappa shape index (κ3) is 1.75. The van der Waals surface area contributed by atoms with Gasteiger partial charge in [0.15, 0.2) is 5.84 Å². The first-order chi connectivity index (χ1) is 7.22. The lowest BCUT2D eigenvalue weighted by Crippen LogP contribution is -2.32. The third-order valence-corrected chi connectivity index (χ3v) is 2.48. The predicted octanol–water partition coefficient (Wildman–Crippen LogP) is 1.75. The van der Waals surface area contributed by atoms with Crippen molar-refractivity contribution in [2.75, 3.05) is 7.05 Å². The SMILES string of the molecule is CCC1ON=C(c2cccc(O)c2)N1C. The lowest BCUT2D eigenvalue weighted by molar-refractivity contribution is 0.0181. The minimum atomic E-state index is 0.00217. The molecule has 0 radical (unpaired) electrons.